The Balaban J connectivity index is 1.23. The van der Waals surface area contributed by atoms with Crippen LogP contribution in [-0.4, -0.2) is 22.6 Å². The molecule has 0 aliphatic carbocycles. The van der Waals surface area contributed by atoms with E-state index >= 15 is 0 Å². The molecular formula is C27H25N3O5. The number of hydrogen-bond donors (Lipinski definition) is 1. The molecule has 0 fully saturated rings. The van der Waals surface area contributed by atoms with Crippen molar-refractivity contribution in [1.82, 2.24) is 15.5 Å². The van der Waals surface area contributed by atoms with Gasteiger partial charge in [0.25, 0.3) is 0 Å². The molecule has 3 heterocycles. The first kappa shape index (κ1) is 22.6. The molecule has 0 aliphatic rings. The predicted molar refractivity (Wildman–Crippen MR) is 131 cm³/mol. The molecule has 8 nitrogen and oxygen atoms in total. The minimum atomic E-state index is -0.423. The second-order valence-electron chi connectivity index (χ2n) is 8.64. The number of nitrogens with one attached hydrogen (secondary N) is 1. The van der Waals surface area contributed by atoms with E-state index in [0.717, 1.165) is 38.6 Å². The van der Waals surface area contributed by atoms with Crippen molar-refractivity contribution in [3.8, 4) is 11.4 Å². The van der Waals surface area contributed by atoms with Crippen molar-refractivity contribution < 1.29 is 18.2 Å². The largest absolute Gasteiger partial charge is 0.464 e. The van der Waals surface area contributed by atoms with Gasteiger partial charge in [-0.1, -0.05) is 35.5 Å². The number of nitrogens with zero attached hydrogens (tertiary/aromatic N) is 2. The van der Waals surface area contributed by atoms with Crippen molar-refractivity contribution in [3.63, 3.8) is 0 Å². The highest BCUT2D eigenvalue weighted by Crippen LogP contribution is 2.32. The van der Waals surface area contributed by atoms with Gasteiger partial charge in [0.2, 0.25) is 17.6 Å². The normalized spacial score (nSPS) is 11.4. The fourth-order valence-electron chi connectivity index (χ4n) is 4.30. The van der Waals surface area contributed by atoms with Crippen LogP contribution in [0, 0.1) is 20.8 Å². The zero-order valence-corrected chi connectivity index (χ0v) is 19.8. The Morgan fingerprint density at radius 1 is 1.00 bits per heavy atom. The van der Waals surface area contributed by atoms with Crippen LogP contribution >= 0.6 is 0 Å². The summed E-state index contributed by atoms with van der Waals surface area (Å²) in [4.78, 5) is 29.5. The minimum absolute atomic E-state index is 0.163. The molecule has 35 heavy (non-hydrogen) atoms. The smallest absolute Gasteiger partial charge is 0.339 e. The van der Waals surface area contributed by atoms with Gasteiger partial charge in [-0.2, -0.15) is 4.98 Å². The highest BCUT2D eigenvalue weighted by atomic mass is 16.5. The summed E-state index contributed by atoms with van der Waals surface area (Å²) in [6.45, 7) is 6.12. The van der Waals surface area contributed by atoms with Crippen LogP contribution in [0.15, 0.2) is 60.8 Å². The molecule has 0 atom stereocenters. The van der Waals surface area contributed by atoms with E-state index in [-0.39, 0.29) is 18.7 Å². The van der Waals surface area contributed by atoms with Crippen molar-refractivity contribution in [1.29, 1.82) is 0 Å². The number of fused-ring (bicyclic) bond motifs is 2. The van der Waals surface area contributed by atoms with E-state index in [2.05, 4.69) is 15.5 Å². The van der Waals surface area contributed by atoms with Crippen molar-refractivity contribution in [2.24, 2.45) is 0 Å². The maximum absolute atomic E-state index is 12.7. The van der Waals surface area contributed by atoms with E-state index in [9.17, 15) is 9.59 Å². The Bertz CT molecular complexity index is 1590. The molecule has 1 amide bonds. The van der Waals surface area contributed by atoms with Gasteiger partial charge in [0.15, 0.2) is 0 Å². The van der Waals surface area contributed by atoms with Gasteiger partial charge in [-0.25, -0.2) is 4.79 Å². The van der Waals surface area contributed by atoms with Crippen LogP contribution in [0.5, 0.6) is 0 Å². The monoisotopic (exact) mass is 471 g/mol. The fraction of sp³-hybridized carbons (Fsp3) is 0.259. The molecule has 0 saturated carbocycles. The van der Waals surface area contributed by atoms with Crippen molar-refractivity contribution in [3.05, 3.63) is 81.2 Å². The lowest BCUT2D eigenvalue weighted by Crippen LogP contribution is -2.26. The molecule has 5 aromatic rings. The highest BCUT2D eigenvalue weighted by Gasteiger charge is 2.18. The van der Waals surface area contributed by atoms with E-state index < -0.39 is 5.63 Å². The van der Waals surface area contributed by atoms with Gasteiger partial charge in [-0.3, -0.25) is 4.79 Å². The third-order valence-corrected chi connectivity index (χ3v) is 6.30. The standard InChI is InChI=1S/C27H25N3O5/c1-15-14-33-24-17(3)25-21(13-20(15)24)16(2)19(27(32)34-25)9-10-22(31)28-12-11-23-29-26(30-35-23)18-7-5-4-6-8-18/h4-8,13-14H,9-12H2,1-3H3,(H,28,31). The molecule has 178 valence electrons. The molecule has 2 aromatic carbocycles. The topological polar surface area (TPSA) is 111 Å². The first-order chi connectivity index (χ1) is 16.9. The zero-order valence-electron chi connectivity index (χ0n) is 19.8. The second kappa shape index (κ2) is 9.21. The first-order valence-electron chi connectivity index (χ1n) is 11.5. The predicted octanol–water partition coefficient (Wildman–Crippen LogP) is 4.81. The van der Waals surface area contributed by atoms with Crippen LogP contribution in [0.3, 0.4) is 0 Å². The Morgan fingerprint density at radius 2 is 1.80 bits per heavy atom. The van der Waals surface area contributed by atoms with Gasteiger partial charge in [-0.15, -0.1) is 0 Å². The van der Waals surface area contributed by atoms with Gasteiger partial charge in [0.05, 0.1) is 6.26 Å². The van der Waals surface area contributed by atoms with E-state index in [1.807, 2.05) is 57.2 Å². The van der Waals surface area contributed by atoms with E-state index in [0.29, 0.717) is 35.8 Å². The molecule has 0 unspecified atom stereocenters. The van der Waals surface area contributed by atoms with Crippen molar-refractivity contribution in [2.45, 2.75) is 40.0 Å². The zero-order chi connectivity index (χ0) is 24.5. The number of carbonyl (C=O) groups is 1. The van der Waals surface area contributed by atoms with Crippen LogP contribution in [-0.2, 0) is 17.6 Å². The van der Waals surface area contributed by atoms with E-state index in [1.165, 1.54) is 0 Å². The van der Waals surface area contributed by atoms with E-state index in [4.69, 9.17) is 13.4 Å². The number of hydrogen-bond acceptors (Lipinski definition) is 7. The molecule has 0 spiro atoms. The summed E-state index contributed by atoms with van der Waals surface area (Å²) in [5.41, 5.74) is 4.85. The lowest BCUT2D eigenvalue weighted by Gasteiger charge is -2.10. The van der Waals surface area contributed by atoms with Crippen LogP contribution in [0.25, 0.3) is 33.3 Å². The number of benzene rings is 2. The van der Waals surface area contributed by atoms with Crippen LogP contribution < -0.4 is 10.9 Å². The molecule has 0 saturated heterocycles. The number of aryl methyl sites for hydroxylation is 3. The van der Waals surface area contributed by atoms with Gasteiger partial charge in [0.1, 0.15) is 11.2 Å². The molecule has 3 aromatic heterocycles. The first-order valence-corrected chi connectivity index (χ1v) is 11.5. The molecular weight excluding hydrogens is 446 g/mol. The summed E-state index contributed by atoms with van der Waals surface area (Å²) >= 11 is 0. The molecule has 0 aliphatic heterocycles. The second-order valence-corrected chi connectivity index (χ2v) is 8.64. The maximum atomic E-state index is 12.7. The Morgan fingerprint density at radius 3 is 2.60 bits per heavy atom. The number of amides is 1. The van der Waals surface area contributed by atoms with Gasteiger partial charge in [-0.05, 0) is 44.4 Å². The molecule has 5 rings (SSSR count). The summed E-state index contributed by atoms with van der Waals surface area (Å²) in [7, 11) is 0. The van der Waals surface area contributed by atoms with Crippen LogP contribution in [0.4, 0.5) is 0 Å². The molecule has 0 bridgehead atoms. The van der Waals surface area contributed by atoms with Gasteiger partial charge in [0, 0.05) is 46.8 Å². The third kappa shape index (κ3) is 4.35. The lowest BCUT2D eigenvalue weighted by atomic mass is 9.98. The summed E-state index contributed by atoms with van der Waals surface area (Å²) in [6.07, 6.45) is 2.58. The molecule has 1 N–H and O–H groups in total. The Hall–Kier alpha value is -4.20. The van der Waals surface area contributed by atoms with Crippen LogP contribution in [0.1, 0.15) is 34.6 Å². The van der Waals surface area contributed by atoms with Crippen molar-refractivity contribution in [2.75, 3.05) is 6.54 Å². The summed E-state index contributed by atoms with van der Waals surface area (Å²) in [6, 6.07) is 11.5. The van der Waals surface area contributed by atoms with Gasteiger partial charge < -0.3 is 18.7 Å². The summed E-state index contributed by atoms with van der Waals surface area (Å²) in [5.74, 6) is 0.805. The number of carbonyl (C=O) groups excluding carboxylic acids is 1. The van der Waals surface area contributed by atoms with Crippen LogP contribution in [0.2, 0.25) is 0 Å². The molecule has 8 heteroatoms. The minimum Gasteiger partial charge on any atom is -0.464 e. The van der Waals surface area contributed by atoms with Crippen molar-refractivity contribution >= 4 is 27.8 Å². The molecule has 0 radical (unpaired) electrons. The number of rotatable bonds is 7. The lowest BCUT2D eigenvalue weighted by molar-refractivity contribution is -0.121. The quantitative estimate of drug-likeness (QED) is 0.339. The fourth-order valence-corrected chi connectivity index (χ4v) is 4.30. The Kier molecular flexibility index (Phi) is 5.94. The average Bonchev–Trinajstić information content (AvgIpc) is 3.48. The summed E-state index contributed by atoms with van der Waals surface area (Å²) < 4.78 is 16.6. The SMILES string of the molecule is Cc1coc2c(C)c3oc(=O)c(CCC(=O)NCCc4nc(-c5ccccc5)no4)c(C)c3cc12. The summed E-state index contributed by atoms with van der Waals surface area (Å²) in [5, 5.41) is 8.69. The number of aromatic nitrogens is 2. The highest BCUT2D eigenvalue weighted by molar-refractivity contribution is 5.99. The Labute approximate surface area is 200 Å². The average molecular weight is 472 g/mol. The van der Waals surface area contributed by atoms with Gasteiger partial charge >= 0.3 is 5.63 Å². The number of furan rings is 1. The van der Waals surface area contributed by atoms with E-state index in [1.54, 1.807) is 6.26 Å². The third-order valence-electron chi connectivity index (χ3n) is 6.30. The maximum Gasteiger partial charge on any atom is 0.339 e.